The Morgan fingerprint density at radius 1 is 0.811 bits per heavy atom. The van der Waals surface area contributed by atoms with Gasteiger partial charge in [-0.3, -0.25) is 4.79 Å². The molecule has 3 rings (SSSR count). The van der Waals surface area contributed by atoms with Crippen molar-refractivity contribution in [1.82, 2.24) is 0 Å². The lowest BCUT2D eigenvalue weighted by Gasteiger charge is -2.33. The maximum Gasteiger partial charge on any atom is 0.199 e. The highest BCUT2D eigenvalue weighted by Gasteiger charge is 2.32. The van der Waals surface area contributed by atoms with Gasteiger partial charge in [0.05, 0.1) is 0 Å². The summed E-state index contributed by atoms with van der Waals surface area (Å²) in [5.74, 6) is 1.36. The number of ketones is 1. The first-order valence-corrected chi connectivity index (χ1v) is 13.7. The monoisotopic (exact) mass is 504 g/mol. The molecule has 0 saturated heterocycles. The molecule has 200 valence electrons. The molecular formula is C32H44N2O3. The van der Waals surface area contributed by atoms with Gasteiger partial charge in [0.2, 0.25) is 0 Å². The van der Waals surface area contributed by atoms with Gasteiger partial charge >= 0.3 is 0 Å². The fraction of sp³-hybridized carbons (Fsp3) is 0.500. The van der Waals surface area contributed by atoms with Gasteiger partial charge in [-0.15, -0.1) is 0 Å². The lowest BCUT2D eigenvalue weighted by atomic mass is 9.79. The highest BCUT2D eigenvalue weighted by atomic mass is 16.3. The summed E-state index contributed by atoms with van der Waals surface area (Å²) in [6.07, 6.45) is 7.72. The maximum atomic E-state index is 13.1. The van der Waals surface area contributed by atoms with Gasteiger partial charge in [-0.05, 0) is 41.7 Å². The Kier molecular flexibility index (Phi) is 9.22. The van der Waals surface area contributed by atoms with Crippen molar-refractivity contribution in [2.45, 2.75) is 55.4 Å². The van der Waals surface area contributed by atoms with E-state index in [1.165, 1.54) is 0 Å². The lowest BCUT2D eigenvalue weighted by Crippen LogP contribution is -2.32. The van der Waals surface area contributed by atoms with Gasteiger partial charge < -0.3 is 15.1 Å². The molecular weight excluding hydrogens is 460 g/mol. The van der Waals surface area contributed by atoms with Crippen LogP contribution >= 0.6 is 0 Å². The van der Waals surface area contributed by atoms with E-state index in [9.17, 15) is 15.0 Å². The summed E-state index contributed by atoms with van der Waals surface area (Å²) < 4.78 is 2.35. The van der Waals surface area contributed by atoms with Crippen LogP contribution in [0.15, 0.2) is 59.4 Å². The number of Topliss-reactive ketones (excluding diaryl/α,β-unsaturated/α-hetero) is 1. The van der Waals surface area contributed by atoms with E-state index in [0.29, 0.717) is 34.8 Å². The van der Waals surface area contributed by atoms with Crippen LogP contribution in [-0.4, -0.2) is 47.4 Å². The minimum absolute atomic E-state index is 0.0286. The Morgan fingerprint density at radius 3 is 1.78 bits per heavy atom. The van der Waals surface area contributed by atoms with E-state index in [2.05, 4.69) is 64.9 Å². The molecule has 5 nitrogen and oxygen atoms in total. The van der Waals surface area contributed by atoms with Crippen molar-refractivity contribution in [2.24, 2.45) is 23.7 Å². The van der Waals surface area contributed by atoms with E-state index in [-0.39, 0.29) is 28.4 Å². The average molecular weight is 505 g/mol. The SMILES string of the molecule is CC(C)CN(CC(C)C)c1ccc(C2=C([O-])C(=C3C=CC(=[N+](CC(C)C)CC(C)C)C=C3)C2=O)c(O)c1. The summed E-state index contributed by atoms with van der Waals surface area (Å²) in [6.45, 7) is 21.1. The molecule has 1 aromatic rings. The molecule has 0 fully saturated rings. The first-order chi connectivity index (χ1) is 17.4. The molecule has 1 aromatic carbocycles. The lowest BCUT2D eigenvalue weighted by molar-refractivity contribution is -0.538. The summed E-state index contributed by atoms with van der Waals surface area (Å²) in [5, 5.41) is 23.9. The molecule has 2 aliphatic carbocycles. The number of benzene rings is 1. The first-order valence-electron chi connectivity index (χ1n) is 13.7. The molecule has 0 atom stereocenters. The first kappa shape index (κ1) is 28.5. The fourth-order valence-electron chi connectivity index (χ4n) is 5.00. The molecule has 1 N–H and O–H groups in total. The quantitative estimate of drug-likeness (QED) is 0.344. The second kappa shape index (κ2) is 12.0. The standard InChI is InChI=1S/C32H44N2O3/c1-20(2)16-33(17-21(3)4)25-11-9-24(10-12-25)29-31(36)30(32(29)37)27-14-13-26(15-28(27)35)34(18-22(5)6)19-23(7)8/h9-15,20-23H,16-19H2,1-8H3,(H,36,37). The second-order valence-corrected chi connectivity index (χ2v) is 12.0. The Hall–Kier alpha value is -3.08. The zero-order valence-corrected chi connectivity index (χ0v) is 23.8. The number of rotatable bonds is 10. The van der Waals surface area contributed by atoms with Crippen LogP contribution < -0.4 is 10.0 Å². The number of hydrogen-bond acceptors (Lipinski definition) is 4. The van der Waals surface area contributed by atoms with Crippen LogP contribution in [0.4, 0.5) is 5.69 Å². The molecule has 0 spiro atoms. The van der Waals surface area contributed by atoms with E-state index >= 15 is 0 Å². The molecule has 0 aromatic heterocycles. The van der Waals surface area contributed by atoms with Crippen LogP contribution in [0, 0.1) is 23.7 Å². The summed E-state index contributed by atoms with van der Waals surface area (Å²) >= 11 is 0. The number of anilines is 1. The van der Waals surface area contributed by atoms with Crippen LogP contribution in [0.2, 0.25) is 0 Å². The number of carbonyl (C=O) groups is 1. The van der Waals surface area contributed by atoms with Gasteiger partial charge in [0.15, 0.2) is 11.5 Å². The predicted octanol–water partition coefficient (Wildman–Crippen LogP) is 5.35. The maximum absolute atomic E-state index is 13.1. The number of phenolic OH excluding ortho intramolecular Hbond substituents is 1. The molecule has 0 heterocycles. The van der Waals surface area contributed by atoms with Crippen LogP contribution in [0.25, 0.3) is 5.57 Å². The van der Waals surface area contributed by atoms with E-state index in [1.807, 2.05) is 30.4 Å². The Balaban J connectivity index is 1.90. The van der Waals surface area contributed by atoms with Crippen molar-refractivity contribution >= 4 is 22.8 Å². The van der Waals surface area contributed by atoms with Gasteiger partial charge in [0.1, 0.15) is 18.8 Å². The summed E-state index contributed by atoms with van der Waals surface area (Å²) in [5.41, 5.74) is 3.21. The third-order valence-electron chi connectivity index (χ3n) is 6.39. The predicted molar refractivity (Wildman–Crippen MR) is 152 cm³/mol. The van der Waals surface area contributed by atoms with Gasteiger partial charge in [0, 0.05) is 65.5 Å². The third kappa shape index (κ3) is 6.82. The zero-order chi connectivity index (χ0) is 27.4. The van der Waals surface area contributed by atoms with Crippen molar-refractivity contribution in [3.8, 4) is 5.75 Å². The average Bonchev–Trinajstić information content (AvgIpc) is 2.79. The van der Waals surface area contributed by atoms with Gasteiger partial charge in [-0.1, -0.05) is 61.1 Å². The number of hydrogen-bond donors (Lipinski definition) is 1. The zero-order valence-electron chi connectivity index (χ0n) is 23.8. The Morgan fingerprint density at radius 2 is 1.35 bits per heavy atom. The smallest absolute Gasteiger partial charge is 0.199 e. The van der Waals surface area contributed by atoms with Crippen molar-refractivity contribution in [1.29, 1.82) is 0 Å². The summed E-state index contributed by atoms with van der Waals surface area (Å²) in [4.78, 5) is 15.4. The Bertz CT molecular complexity index is 1140. The van der Waals surface area contributed by atoms with E-state index in [0.717, 1.165) is 37.6 Å². The van der Waals surface area contributed by atoms with Gasteiger partial charge in [-0.25, -0.2) is 4.58 Å². The molecule has 0 bridgehead atoms. The summed E-state index contributed by atoms with van der Waals surface area (Å²) in [7, 11) is 0. The number of allylic oxidation sites excluding steroid dienone is 7. The van der Waals surface area contributed by atoms with Crippen LogP contribution in [0.1, 0.15) is 61.0 Å². The van der Waals surface area contributed by atoms with E-state index in [4.69, 9.17) is 0 Å². The van der Waals surface area contributed by atoms with Crippen molar-refractivity contribution in [3.05, 3.63) is 65.0 Å². The molecule has 5 heteroatoms. The normalized spacial score (nSPS) is 15.7. The van der Waals surface area contributed by atoms with Crippen molar-refractivity contribution in [2.75, 3.05) is 31.1 Å². The third-order valence-corrected chi connectivity index (χ3v) is 6.39. The Labute approximate surface area is 223 Å². The number of aromatic hydroxyl groups is 1. The van der Waals surface area contributed by atoms with Crippen LogP contribution in [0.3, 0.4) is 0 Å². The number of nitrogens with zero attached hydrogens (tertiary/aromatic N) is 2. The minimum Gasteiger partial charge on any atom is -0.871 e. The van der Waals surface area contributed by atoms with Gasteiger partial charge in [-0.2, -0.15) is 0 Å². The molecule has 0 amide bonds. The highest BCUT2D eigenvalue weighted by molar-refractivity contribution is 6.39. The van der Waals surface area contributed by atoms with E-state index in [1.54, 1.807) is 12.1 Å². The molecule has 0 radical (unpaired) electrons. The van der Waals surface area contributed by atoms with Crippen LogP contribution in [0.5, 0.6) is 5.75 Å². The summed E-state index contributed by atoms with van der Waals surface area (Å²) in [6, 6.07) is 5.29. The topological polar surface area (TPSA) is 66.6 Å². The molecule has 37 heavy (non-hydrogen) atoms. The van der Waals surface area contributed by atoms with E-state index < -0.39 is 0 Å². The fourth-order valence-corrected chi connectivity index (χ4v) is 5.00. The number of phenols is 1. The molecule has 0 unspecified atom stereocenters. The minimum atomic E-state index is -0.303. The number of carbonyl (C=O) groups excluding carboxylic acids is 1. The highest BCUT2D eigenvalue weighted by Crippen LogP contribution is 2.41. The molecule has 0 saturated carbocycles. The second-order valence-electron chi connectivity index (χ2n) is 12.0. The molecule has 0 aliphatic heterocycles. The van der Waals surface area contributed by atoms with Gasteiger partial charge in [0.25, 0.3) is 0 Å². The largest absolute Gasteiger partial charge is 0.871 e. The van der Waals surface area contributed by atoms with Crippen molar-refractivity contribution < 1.29 is 19.6 Å². The van der Waals surface area contributed by atoms with Crippen LogP contribution in [-0.2, 0) is 4.79 Å². The molecule has 2 aliphatic rings. The van der Waals surface area contributed by atoms with Crippen molar-refractivity contribution in [3.63, 3.8) is 0 Å².